The molecule has 1 N–H and O–H groups in total. The highest BCUT2D eigenvalue weighted by Crippen LogP contribution is 2.27. The maximum atomic E-state index is 12.5. The first kappa shape index (κ1) is 18.2. The summed E-state index contributed by atoms with van der Waals surface area (Å²) in [4.78, 5) is 28.7. The zero-order valence-corrected chi connectivity index (χ0v) is 15.2. The molecule has 1 aromatic carbocycles. The number of morpholine rings is 1. The summed E-state index contributed by atoms with van der Waals surface area (Å²) in [6.45, 7) is 6.35. The van der Waals surface area contributed by atoms with Crippen molar-refractivity contribution in [2.24, 2.45) is 5.92 Å². The Labute approximate surface area is 153 Å². The summed E-state index contributed by atoms with van der Waals surface area (Å²) >= 11 is 6.00. The number of carbonyl (C=O) groups excluding carboxylic acids is 2. The fourth-order valence-electron chi connectivity index (χ4n) is 3.32. The topological polar surface area (TPSA) is 61.9 Å². The molecular formula is C18H24ClN3O3. The Hall–Kier alpha value is -1.63. The van der Waals surface area contributed by atoms with Gasteiger partial charge in [0.05, 0.1) is 19.1 Å². The van der Waals surface area contributed by atoms with E-state index in [0.29, 0.717) is 18.1 Å². The van der Waals surface area contributed by atoms with Crippen LogP contribution in [0.3, 0.4) is 0 Å². The second-order valence-corrected chi connectivity index (χ2v) is 7.06. The van der Waals surface area contributed by atoms with Gasteiger partial charge in [0, 0.05) is 49.4 Å². The molecule has 136 valence electrons. The Kier molecular flexibility index (Phi) is 5.93. The zero-order chi connectivity index (χ0) is 17.8. The standard InChI is InChI=1S/C18H24ClN3O3/c1-13(21-5-7-25-8-6-21)11-20-18(24)14-9-17(23)22(12-14)16-4-2-3-15(19)10-16/h2-4,10,13-14H,5-9,11-12H2,1H3,(H,20,24). The summed E-state index contributed by atoms with van der Waals surface area (Å²) in [7, 11) is 0. The predicted octanol–water partition coefficient (Wildman–Crippen LogP) is 1.53. The van der Waals surface area contributed by atoms with Crippen LogP contribution in [0.25, 0.3) is 0 Å². The van der Waals surface area contributed by atoms with E-state index in [9.17, 15) is 9.59 Å². The third-order valence-corrected chi connectivity index (χ3v) is 5.09. The first-order chi connectivity index (χ1) is 12.0. The van der Waals surface area contributed by atoms with E-state index in [1.165, 1.54) is 0 Å². The lowest BCUT2D eigenvalue weighted by molar-refractivity contribution is -0.126. The predicted molar refractivity (Wildman–Crippen MR) is 96.8 cm³/mol. The third-order valence-electron chi connectivity index (χ3n) is 4.86. The van der Waals surface area contributed by atoms with E-state index in [0.717, 1.165) is 32.0 Å². The molecule has 0 spiro atoms. The van der Waals surface area contributed by atoms with E-state index in [1.54, 1.807) is 17.0 Å². The molecule has 7 heteroatoms. The van der Waals surface area contributed by atoms with Crippen molar-refractivity contribution in [2.45, 2.75) is 19.4 Å². The summed E-state index contributed by atoms with van der Waals surface area (Å²) < 4.78 is 5.35. The van der Waals surface area contributed by atoms with Gasteiger partial charge in [-0.1, -0.05) is 17.7 Å². The molecule has 2 amide bonds. The van der Waals surface area contributed by atoms with E-state index in [2.05, 4.69) is 17.1 Å². The van der Waals surface area contributed by atoms with E-state index < -0.39 is 0 Å². The lowest BCUT2D eigenvalue weighted by atomic mass is 10.1. The van der Waals surface area contributed by atoms with Crippen LogP contribution < -0.4 is 10.2 Å². The molecule has 0 aliphatic carbocycles. The smallest absolute Gasteiger partial charge is 0.227 e. The van der Waals surface area contributed by atoms with E-state index in [1.807, 2.05) is 12.1 Å². The Morgan fingerprint density at radius 3 is 2.88 bits per heavy atom. The first-order valence-electron chi connectivity index (χ1n) is 8.70. The molecule has 2 unspecified atom stereocenters. The highest BCUT2D eigenvalue weighted by molar-refractivity contribution is 6.30. The van der Waals surface area contributed by atoms with E-state index in [-0.39, 0.29) is 30.2 Å². The second-order valence-electron chi connectivity index (χ2n) is 6.63. The van der Waals surface area contributed by atoms with Crippen LogP contribution in [-0.4, -0.2) is 62.1 Å². The Bertz CT molecular complexity index is 634. The minimum atomic E-state index is -0.316. The van der Waals surface area contributed by atoms with Gasteiger partial charge < -0.3 is 15.0 Å². The quantitative estimate of drug-likeness (QED) is 0.859. The fraction of sp³-hybridized carbons (Fsp3) is 0.556. The number of halogens is 1. The number of hydrogen-bond acceptors (Lipinski definition) is 4. The summed E-state index contributed by atoms with van der Waals surface area (Å²) in [6.07, 6.45) is 0.240. The maximum Gasteiger partial charge on any atom is 0.227 e. The van der Waals surface area contributed by atoms with Gasteiger partial charge in [0.1, 0.15) is 0 Å². The van der Waals surface area contributed by atoms with Crippen molar-refractivity contribution >= 4 is 29.1 Å². The molecule has 2 atom stereocenters. The molecular weight excluding hydrogens is 342 g/mol. The van der Waals surface area contributed by atoms with Crippen LogP contribution in [0.15, 0.2) is 24.3 Å². The normalized spacial score (nSPS) is 22.9. The Balaban J connectivity index is 1.52. The number of carbonyl (C=O) groups is 2. The van der Waals surface area contributed by atoms with Crippen molar-refractivity contribution in [1.82, 2.24) is 10.2 Å². The minimum absolute atomic E-state index is 0.0383. The van der Waals surface area contributed by atoms with Gasteiger partial charge in [-0.15, -0.1) is 0 Å². The van der Waals surface area contributed by atoms with E-state index in [4.69, 9.17) is 16.3 Å². The van der Waals surface area contributed by atoms with Crippen LogP contribution in [0.1, 0.15) is 13.3 Å². The molecule has 25 heavy (non-hydrogen) atoms. The van der Waals surface area contributed by atoms with Crippen LogP contribution >= 0.6 is 11.6 Å². The van der Waals surface area contributed by atoms with Crippen molar-refractivity contribution in [1.29, 1.82) is 0 Å². The molecule has 2 aliphatic heterocycles. The van der Waals surface area contributed by atoms with Crippen LogP contribution in [-0.2, 0) is 14.3 Å². The molecule has 0 bridgehead atoms. The maximum absolute atomic E-state index is 12.5. The van der Waals surface area contributed by atoms with Gasteiger partial charge in [0.2, 0.25) is 11.8 Å². The molecule has 2 saturated heterocycles. The summed E-state index contributed by atoms with van der Waals surface area (Å²) in [5, 5.41) is 3.58. The number of nitrogens with one attached hydrogen (secondary N) is 1. The van der Waals surface area contributed by atoms with E-state index >= 15 is 0 Å². The van der Waals surface area contributed by atoms with Gasteiger partial charge in [0.15, 0.2) is 0 Å². The molecule has 0 radical (unpaired) electrons. The largest absolute Gasteiger partial charge is 0.379 e. The number of benzene rings is 1. The minimum Gasteiger partial charge on any atom is -0.379 e. The highest BCUT2D eigenvalue weighted by atomic mass is 35.5. The molecule has 2 aliphatic rings. The number of anilines is 1. The number of rotatable bonds is 5. The first-order valence-corrected chi connectivity index (χ1v) is 9.08. The highest BCUT2D eigenvalue weighted by Gasteiger charge is 2.35. The van der Waals surface area contributed by atoms with Gasteiger partial charge in [-0.2, -0.15) is 0 Å². The van der Waals surface area contributed by atoms with Crippen LogP contribution in [0.5, 0.6) is 0 Å². The van der Waals surface area contributed by atoms with Crippen LogP contribution in [0.2, 0.25) is 5.02 Å². The zero-order valence-electron chi connectivity index (χ0n) is 14.4. The van der Waals surface area contributed by atoms with Crippen molar-refractivity contribution in [3.63, 3.8) is 0 Å². The summed E-state index contributed by atoms with van der Waals surface area (Å²) in [5.74, 6) is -0.412. The number of ether oxygens (including phenoxy) is 1. The lowest BCUT2D eigenvalue weighted by Crippen LogP contribution is -2.48. The monoisotopic (exact) mass is 365 g/mol. The molecule has 0 saturated carbocycles. The average molecular weight is 366 g/mol. The molecule has 2 fully saturated rings. The van der Waals surface area contributed by atoms with Gasteiger partial charge >= 0.3 is 0 Å². The summed E-state index contributed by atoms with van der Waals surface area (Å²) in [6, 6.07) is 7.42. The van der Waals surface area contributed by atoms with Gasteiger partial charge in [-0.25, -0.2) is 0 Å². The SMILES string of the molecule is CC(CNC(=O)C1CC(=O)N(c2cccc(Cl)c2)C1)N1CCOCC1. The van der Waals surface area contributed by atoms with Crippen molar-refractivity contribution < 1.29 is 14.3 Å². The van der Waals surface area contributed by atoms with Crippen LogP contribution in [0, 0.1) is 5.92 Å². The lowest BCUT2D eigenvalue weighted by Gasteiger charge is -2.32. The van der Waals surface area contributed by atoms with Gasteiger partial charge in [0.25, 0.3) is 0 Å². The molecule has 6 nitrogen and oxygen atoms in total. The van der Waals surface area contributed by atoms with Gasteiger partial charge in [-0.05, 0) is 25.1 Å². The number of hydrogen-bond donors (Lipinski definition) is 1. The average Bonchev–Trinajstić information content (AvgIpc) is 3.02. The third kappa shape index (κ3) is 4.51. The van der Waals surface area contributed by atoms with Crippen molar-refractivity contribution in [3.8, 4) is 0 Å². The summed E-state index contributed by atoms with van der Waals surface area (Å²) in [5.41, 5.74) is 0.745. The second kappa shape index (κ2) is 8.17. The fourth-order valence-corrected chi connectivity index (χ4v) is 3.50. The van der Waals surface area contributed by atoms with Gasteiger partial charge in [-0.3, -0.25) is 14.5 Å². The molecule has 1 aromatic rings. The van der Waals surface area contributed by atoms with Crippen molar-refractivity contribution in [3.05, 3.63) is 29.3 Å². The number of amides is 2. The Morgan fingerprint density at radius 2 is 2.16 bits per heavy atom. The van der Waals surface area contributed by atoms with Crippen molar-refractivity contribution in [2.75, 3.05) is 44.3 Å². The van der Waals surface area contributed by atoms with Crippen LogP contribution in [0.4, 0.5) is 5.69 Å². The number of nitrogens with zero attached hydrogens (tertiary/aromatic N) is 2. The Morgan fingerprint density at radius 1 is 1.40 bits per heavy atom. The molecule has 0 aromatic heterocycles. The molecule has 2 heterocycles. The molecule has 3 rings (SSSR count).